The van der Waals surface area contributed by atoms with E-state index in [1.807, 2.05) is 61.5 Å². The average molecular weight is 505 g/mol. The number of carbonyl (C=O) groups is 1. The molecule has 1 aliphatic rings. The molecule has 2 heterocycles. The van der Waals surface area contributed by atoms with Crippen molar-refractivity contribution >= 4 is 45.4 Å². The highest BCUT2D eigenvalue weighted by Gasteiger charge is 2.24. The van der Waals surface area contributed by atoms with Crippen molar-refractivity contribution in [3.05, 3.63) is 81.0 Å². The zero-order valence-corrected chi connectivity index (χ0v) is 20.8. The number of nitrogens with zero attached hydrogens (tertiary/aromatic N) is 3. The first-order chi connectivity index (χ1) is 17.1. The lowest BCUT2D eigenvalue weighted by Gasteiger charge is -2.13. The van der Waals surface area contributed by atoms with E-state index in [0.717, 1.165) is 41.0 Å². The Kier molecular flexibility index (Phi) is 6.96. The Hall–Kier alpha value is -3.43. The summed E-state index contributed by atoms with van der Waals surface area (Å²) in [6.07, 6.45) is 4.56. The van der Waals surface area contributed by atoms with Crippen molar-refractivity contribution in [3.8, 4) is 11.4 Å². The number of amides is 1. The Bertz CT molecular complexity index is 1440. The van der Waals surface area contributed by atoms with E-state index < -0.39 is 0 Å². The van der Waals surface area contributed by atoms with E-state index in [9.17, 15) is 9.59 Å². The molecular formula is C26H24N4O3S2. The highest BCUT2D eigenvalue weighted by Crippen LogP contribution is 2.36. The highest BCUT2D eigenvalue weighted by molar-refractivity contribution is 7.99. The van der Waals surface area contributed by atoms with Crippen molar-refractivity contribution in [1.29, 1.82) is 0 Å². The minimum absolute atomic E-state index is 0.0756. The summed E-state index contributed by atoms with van der Waals surface area (Å²) in [6.45, 7) is 2.49. The number of hydrogen-bond donors (Lipinski definition) is 1. The summed E-state index contributed by atoms with van der Waals surface area (Å²) in [5.74, 6) is 0.537. The Morgan fingerprint density at radius 1 is 1.20 bits per heavy atom. The largest absolute Gasteiger partial charge is 0.494 e. The molecule has 1 aliphatic carbocycles. The molecule has 1 amide bonds. The molecule has 0 saturated heterocycles. The van der Waals surface area contributed by atoms with Crippen LogP contribution in [-0.2, 0) is 17.6 Å². The van der Waals surface area contributed by atoms with Crippen LogP contribution >= 0.6 is 23.1 Å². The summed E-state index contributed by atoms with van der Waals surface area (Å²) >= 11 is 2.81. The van der Waals surface area contributed by atoms with Gasteiger partial charge in [-0.2, -0.15) is 5.10 Å². The van der Waals surface area contributed by atoms with E-state index in [1.165, 1.54) is 16.6 Å². The number of aromatic nitrogens is 2. The smallest absolute Gasteiger partial charge is 0.267 e. The van der Waals surface area contributed by atoms with Gasteiger partial charge in [-0.1, -0.05) is 42.1 Å². The maximum atomic E-state index is 13.7. The lowest BCUT2D eigenvalue weighted by atomic mass is 10.2. The predicted molar refractivity (Wildman–Crippen MR) is 141 cm³/mol. The monoisotopic (exact) mass is 504 g/mol. The second kappa shape index (κ2) is 10.5. The van der Waals surface area contributed by atoms with Gasteiger partial charge in [0.05, 0.1) is 29.6 Å². The predicted octanol–water partition coefficient (Wildman–Crippen LogP) is 4.58. The topological polar surface area (TPSA) is 85.6 Å². The summed E-state index contributed by atoms with van der Waals surface area (Å²) in [5.41, 5.74) is 5.17. The fourth-order valence-electron chi connectivity index (χ4n) is 4.09. The van der Waals surface area contributed by atoms with Gasteiger partial charge in [0, 0.05) is 4.88 Å². The van der Waals surface area contributed by atoms with Gasteiger partial charge in [0.15, 0.2) is 5.16 Å². The van der Waals surface area contributed by atoms with Gasteiger partial charge >= 0.3 is 0 Å². The van der Waals surface area contributed by atoms with Crippen LogP contribution in [0.4, 0.5) is 0 Å². The first-order valence-corrected chi connectivity index (χ1v) is 13.2. The Morgan fingerprint density at radius 2 is 2.00 bits per heavy atom. The summed E-state index contributed by atoms with van der Waals surface area (Å²) < 4.78 is 7.16. The lowest BCUT2D eigenvalue weighted by Crippen LogP contribution is -2.24. The van der Waals surface area contributed by atoms with E-state index in [2.05, 4.69) is 10.5 Å². The normalized spacial score (nSPS) is 12.8. The molecule has 0 bridgehead atoms. The lowest BCUT2D eigenvalue weighted by molar-refractivity contribution is -0.118. The molecule has 178 valence electrons. The molecular weight excluding hydrogens is 480 g/mol. The third-order valence-electron chi connectivity index (χ3n) is 5.65. The zero-order chi connectivity index (χ0) is 24.2. The third kappa shape index (κ3) is 5.01. The van der Waals surface area contributed by atoms with E-state index in [1.54, 1.807) is 22.1 Å². The van der Waals surface area contributed by atoms with Gasteiger partial charge in [-0.3, -0.25) is 14.2 Å². The van der Waals surface area contributed by atoms with Crippen molar-refractivity contribution in [3.63, 3.8) is 0 Å². The molecule has 0 spiro atoms. The van der Waals surface area contributed by atoms with Crippen molar-refractivity contribution in [2.24, 2.45) is 5.10 Å². The molecule has 0 saturated carbocycles. The fourth-order valence-corrected chi connectivity index (χ4v) is 6.20. The second-order valence-electron chi connectivity index (χ2n) is 7.99. The van der Waals surface area contributed by atoms with Crippen LogP contribution in [0.15, 0.2) is 69.6 Å². The highest BCUT2D eigenvalue weighted by atomic mass is 32.2. The van der Waals surface area contributed by atoms with Crippen LogP contribution in [0.1, 0.15) is 29.3 Å². The Labute approximate surface area is 210 Å². The molecule has 35 heavy (non-hydrogen) atoms. The Balaban J connectivity index is 1.43. The SMILES string of the molecule is CCOc1ccc(-n2c(SCC(=O)NN=Cc3ccccc3)nc3sc4c(c3c2=O)CCC4)cc1. The number of carbonyl (C=O) groups excluding carboxylic acids is 1. The van der Waals surface area contributed by atoms with Crippen molar-refractivity contribution in [2.45, 2.75) is 31.3 Å². The standard InChI is InChI=1S/C26H24N4O3S2/c1-2-33-19-13-11-18(12-14-19)30-25(32)23-20-9-6-10-21(20)35-24(23)28-26(30)34-16-22(31)29-27-15-17-7-4-3-5-8-17/h3-5,7-8,11-15H,2,6,9-10,16H2,1H3,(H,29,31). The summed E-state index contributed by atoms with van der Waals surface area (Å²) in [5, 5.41) is 5.21. The maximum Gasteiger partial charge on any atom is 0.267 e. The van der Waals surface area contributed by atoms with Gasteiger partial charge < -0.3 is 4.74 Å². The van der Waals surface area contributed by atoms with Gasteiger partial charge in [0.1, 0.15) is 10.6 Å². The van der Waals surface area contributed by atoms with Crippen LogP contribution in [0.25, 0.3) is 15.9 Å². The van der Waals surface area contributed by atoms with E-state index in [0.29, 0.717) is 22.8 Å². The first kappa shape index (κ1) is 23.3. The molecule has 1 N–H and O–H groups in total. The number of hydrogen-bond acceptors (Lipinski definition) is 7. The molecule has 0 atom stereocenters. The number of thioether (sulfide) groups is 1. The summed E-state index contributed by atoms with van der Waals surface area (Å²) in [7, 11) is 0. The number of thiophene rings is 1. The van der Waals surface area contributed by atoms with Gasteiger partial charge in [0.25, 0.3) is 11.5 Å². The summed E-state index contributed by atoms with van der Waals surface area (Å²) in [6, 6.07) is 16.9. The minimum atomic E-state index is -0.275. The van der Waals surface area contributed by atoms with E-state index in [4.69, 9.17) is 9.72 Å². The molecule has 5 rings (SSSR count). The zero-order valence-electron chi connectivity index (χ0n) is 19.2. The fraction of sp³-hybridized carbons (Fsp3) is 0.231. The first-order valence-electron chi connectivity index (χ1n) is 11.4. The number of fused-ring (bicyclic) bond motifs is 3. The minimum Gasteiger partial charge on any atom is -0.494 e. The van der Waals surface area contributed by atoms with Crippen LogP contribution in [0.2, 0.25) is 0 Å². The number of benzene rings is 2. The van der Waals surface area contributed by atoms with Crippen LogP contribution < -0.4 is 15.7 Å². The van der Waals surface area contributed by atoms with E-state index >= 15 is 0 Å². The third-order valence-corrected chi connectivity index (χ3v) is 7.77. The van der Waals surface area contributed by atoms with Crippen molar-refractivity contribution in [1.82, 2.24) is 15.0 Å². The molecule has 4 aromatic rings. The average Bonchev–Trinajstić information content (AvgIpc) is 3.45. The van der Waals surface area contributed by atoms with Gasteiger partial charge in [0.2, 0.25) is 0 Å². The quantitative estimate of drug-likeness (QED) is 0.164. The number of nitrogens with one attached hydrogen (secondary N) is 1. The summed E-state index contributed by atoms with van der Waals surface area (Å²) in [4.78, 5) is 33.0. The van der Waals surface area contributed by atoms with Gasteiger partial charge in [-0.25, -0.2) is 10.4 Å². The van der Waals surface area contributed by atoms with Gasteiger partial charge in [-0.05, 0) is 61.6 Å². The van der Waals surface area contributed by atoms with Crippen LogP contribution in [0, 0.1) is 0 Å². The number of rotatable bonds is 8. The maximum absolute atomic E-state index is 13.7. The molecule has 7 nitrogen and oxygen atoms in total. The number of hydrazone groups is 1. The second-order valence-corrected chi connectivity index (χ2v) is 10.0. The molecule has 9 heteroatoms. The Morgan fingerprint density at radius 3 is 2.77 bits per heavy atom. The molecule has 0 unspecified atom stereocenters. The molecule has 2 aromatic carbocycles. The van der Waals surface area contributed by atoms with Crippen molar-refractivity contribution in [2.75, 3.05) is 12.4 Å². The van der Waals surface area contributed by atoms with Crippen LogP contribution in [0.5, 0.6) is 5.75 Å². The molecule has 0 fully saturated rings. The molecule has 0 radical (unpaired) electrons. The van der Waals surface area contributed by atoms with E-state index in [-0.39, 0.29) is 17.2 Å². The van der Waals surface area contributed by atoms with Crippen LogP contribution in [0.3, 0.4) is 0 Å². The van der Waals surface area contributed by atoms with Gasteiger partial charge in [-0.15, -0.1) is 11.3 Å². The number of aryl methyl sites for hydroxylation is 2. The number of ether oxygens (including phenoxy) is 1. The molecule has 2 aromatic heterocycles. The van der Waals surface area contributed by atoms with Crippen molar-refractivity contribution < 1.29 is 9.53 Å². The van der Waals surface area contributed by atoms with Crippen LogP contribution in [-0.4, -0.2) is 34.0 Å². The molecule has 0 aliphatic heterocycles.